The molecule has 0 radical (unpaired) electrons. The molecule has 3 rings (SSSR count). The van der Waals surface area contributed by atoms with E-state index in [-0.39, 0.29) is 0 Å². The summed E-state index contributed by atoms with van der Waals surface area (Å²) < 4.78 is 1.95. The van der Waals surface area contributed by atoms with Crippen LogP contribution in [0.4, 0.5) is 11.6 Å². The fourth-order valence-corrected chi connectivity index (χ4v) is 2.85. The number of fused-ring (bicyclic) bond motifs is 1. The second-order valence-corrected chi connectivity index (χ2v) is 5.84. The molecular formula is C15H23N5O. The smallest absolute Gasteiger partial charge is 0.180 e. The van der Waals surface area contributed by atoms with Gasteiger partial charge in [-0.15, -0.1) is 0 Å². The van der Waals surface area contributed by atoms with Crippen molar-refractivity contribution < 1.29 is 5.11 Å². The van der Waals surface area contributed by atoms with Crippen LogP contribution in [0.5, 0.6) is 0 Å². The van der Waals surface area contributed by atoms with Gasteiger partial charge in [0.1, 0.15) is 5.82 Å². The first-order chi connectivity index (χ1) is 10.2. The lowest BCUT2D eigenvalue weighted by molar-refractivity contribution is 0.0614. The highest BCUT2D eigenvalue weighted by atomic mass is 16.3. The fourth-order valence-electron chi connectivity index (χ4n) is 2.85. The lowest BCUT2D eigenvalue weighted by Crippen LogP contribution is -2.33. The van der Waals surface area contributed by atoms with Crippen LogP contribution in [0.1, 0.15) is 39.0 Å². The molecule has 0 spiro atoms. The van der Waals surface area contributed by atoms with Crippen molar-refractivity contribution in [2.75, 3.05) is 23.7 Å². The molecule has 21 heavy (non-hydrogen) atoms. The third-order valence-corrected chi connectivity index (χ3v) is 4.05. The molecule has 0 aromatic carbocycles. The molecule has 6 nitrogen and oxygen atoms in total. The van der Waals surface area contributed by atoms with Gasteiger partial charge in [0.2, 0.25) is 0 Å². The van der Waals surface area contributed by atoms with E-state index in [1.165, 1.54) is 0 Å². The van der Waals surface area contributed by atoms with Crippen LogP contribution in [0.3, 0.4) is 0 Å². The minimum absolute atomic E-state index is 0.528. The van der Waals surface area contributed by atoms with Crippen molar-refractivity contribution in [1.82, 2.24) is 14.4 Å². The maximum atomic E-state index is 10.5. The number of nitrogens with one attached hydrogen (secondary N) is 2. The molecule has 0 bridgehead atoms. The summed E-state index contributed by atoms with van der Waals surface area (Å²) in [5.74, 6) is 1.55. The standard InChI is InChI=1S/C15H23N5O/c1-2-7-16-12-10-20-9-8-17-14(20)13(19-12)18-11-15(21)5-3-4-6-15/h8-10,16,21H,2-7,11H2,1H3,(H,18,19). The van der Waals surface area contributed by atoms with Crippen molar-refractivity contribution in [2.45, 2.75) is 44.6 Å². The molecule has 0 amide bonds. The van der Waals surface area contributed by atoms with Crippen LogP contribution in [0, 0.1) is 0 Å². The van der Waals surface area contributed by atoms with Gasteiger partial charge in [0.15, 0.2) is 11.5 Å². The topological polar surface area (TPSA) is 74.5 Å². The van der Waals surface area contributed by atoms with Crippen LogP contribution in [0.2, 0.25) is 0 Å². The van der Waals surface area contributed by atoms with Gasteiger partial charge < -0.3 is 20.1 Å². The average Bonchev–Trinajstić information content (AvgIpc) is 3.12. The molecule has 1 aliphatic carbocycles. The predicted octanol–water partition coefficient (Wildman–Crippen LogP) is 2.27. The summed E-state index contributed by atoms with van der Waals surface area (Å²) in [5, 5.41) is 17.0. The van der Waals surface area contributed by atoms with Crippen molar-refractivity contribution in [1.29, 1.82) is 0 Å². The zero-order valence-corrected chi connectivity index (χ0v) is 12.5. The normalized spacial score (nSPS) is 17.2. The summed E-state index contributed by atoms with van der Waals surface area (Å²) in [5.41, 5.74) is 0.191. The molecule has 1 aliphatic rings. The minimum Gasteiger partial charge on any atom is -0.388 e. The quantitative estimate of drug-likeness (QED) is 0.760. The number of hydrogen-bond acceptors (Lipinski definition) is 5. The van der Waals surface area contributed by atoms with Crippen molar-refractivity contribution in [2.24, 2.45) is 0 Å². The van der Waals surface area contributed by atoms with Gasteiger partial charge in [-0.1, -0.05) is 19.8 Å². The molecule has 0 aliphatic heterocycles. The average molecular weight is 289 g/mol. The number of imidazole rings is 1. The van der Waals surface area contributed by atoms with Gasteiger partial charge in [-0.05, 0) is 19.3 Å². The monoisotopic (exact) mass is 289 g/mol. The Balaban J connectivity index is 1.80. The van der Waals surface area contributed by atoms with E-state index in [9.17, 15) is 5.11 Å². The second-order valence-electron chi connectivity index (χ2n) is 5.84. The van der Waals surface area contributed by atoms with Crippen LogP contribution in [-0.2, 0) is 0 Å². The first-order valence-corrected chi connectivity index (χ1v) is 7.74. The first-order valence-electron chi connectivity index (χ1n) is 7.74. The Morgan fingerprint density at radius 3 is 2.90 bits per heavy atom. The maximum absolute atomic E-state index is 10.5. The van der Waals surface area contributed by atoms with E-state index in [4.69, 9.17) is 0 Å². The van der Waals surface area contributed by atoms with E-state index in [1.54, 1.807) is 6.20 Å². The third kappa shape index (κ3) is 3.10. The van der Waals surface area contributed by atoms with Gasteiger partial charge in [-0.2, -0.15) is 0 Å². The van der Waals surface area contributed by atoms with Crippen molar-refractivity contribution in [3.8, 4) is 0 Å². The van der Waals surface area contributed by atoms with Gasteiger partial charge in [0.05, 0.1) is 11.8 Å². The van der Waals surface area contributed by atoms with Crippen molar-refractivity contribution in [3.63, 3.8) is 0 Å². The zero-order chi connectivity index (χ0) is 14.7. The molecule has 0 saturated heterocycles. The highest BCUT2D eigenvalue weighted by Crippen LogP contribution is 2.30. The van der Waals surface area contributed by atoms with Crippen molar-refractivity contribution >= 4 is 17.3 Å². The lowest BCUT2D eigenvalue weighted by Gasteiger charge is -2.23. The van der Waals surface area contributed by atoms with Crippen molar-refractivity contribution in [3.05, 3.63) is 18.6 Å². The lowest BCUT2D eigenvalue weighted by atomic mass is 10.0. The number of nitrogens with zero attached hydrogens (tertiary/aromatic N) is 3. The van der Waals surface area contributed by atoms with Crippen LogP contribution in [-0.4, -0.2) is 38.2 Å². The number of aromatic nitrogens is 3. The van der Waals surface area contributed by atoms with E-state index in [0.29, 0.717) is 6.54 Å². The van der Waals surface area contributed by atoms with Gasteiger partial charge in [-0.25, -0.2) is 9.97 Å². The van der Waals surface area contributed by atoms with Gasteiger partial charge >= 0.3 is 0 Å². The summed E-state index contributed by atoms with van der Waals surface area (Å²) in [7, 11) is 0. The van der Waals surface area contributed by atoms with Gasteiger partial charge in [0.25, 0.3) is 0 Å². The molecule has 0 unspecified atom stereocenters. The highest BCUT2D eigenvalue weighted by Gasteiger charge is 2.31. The minimum atomic E-state index is -0.599. The number of hydrogen-bond donors (Lipinski definition) is 3. The van der Waals surface area contributed by atoms with E-state index in [0.717, 1.165) is 55.9 Å². The summed E-state index contributed by atoms with van der Waals surface area (Å²) in [6.07, 6.45) is 10.6. The molecule has 2 aromatic rings. The van der Waals surface area contributed by atoms with Gasteiger partial charge in [0, 0.05) is 25.5 Å². The molecule has 2 heterocycles. The maximum Gasteiger partial charge on any atom is 0.180 e. The Bertz CT molecular complexity index is 603. The van der Waals surface area contributed by atoms with E-state index in [2.05, 4.69) is 27.5 Å². The summed E-state index contributed by atoms with van der Waals surface area (Å²) in [6.45, 7) is 3.54. The SMILES string of the molecule is CCCNc1cn2ccnc2c(NCC2(O)CCCC2)n1. The summed E-state index contributed by atoms with van der Waals surface area (Å²) in [4.78, 5) is 8.92. The fraction of sp³-hybridized carbons (Fsp3) is 0.600. The van der Waals surface area contributed by atoms with E-state index >= 15 is 0 Å². The molecule has 1 saturated carbocycles. The third-order valence-electron chi connectivity index (χ3n) is 4.05. The Kier molecular flexibility index (Phi) is 3.96. The van der Waals surface area contributed by atoms with E-state index < -0.39 is 5.60 Å². The molecule has 6 heteroatoms. The second kappa shape index (κ2) is 5.89. The van der Waals surface area contributed by atoms with Gasteiger partial charge in [-0.3, -0.25) is 0 Å². The zero-order valence-electron chi connectivity index (χ0n) is 12.5. The van der Waals surface area contributed by atoms with E-state index in [1.807, 2.05) is 16.8 Å². The Morgan fingerprint density at radius 2 is 2.14 bits per heavy atom. The summed E-state index contributed by atoms with van der Waals surface area (Å²) in [6, 6.07) is 0. The molecule has 114 valence electrons. The number of aliphatic hydroxyl groups is 1. The Labute approximate surface area is 124 Å². The highest BCUT2D eigenvalue weighted by molar-refractivity contribution is 5.65. The predicted molar refractivity (Wildman–Crippen MR) is 83.7 cm³/mol. The molecule has 3 N–H and O–H groups in total. The number of anilines is 2. The van der Waals surface area contributed by atoms with Crippen LogP contribution < -0.4 is 10.6 Å². The Hall–Kier alpha value is -1.82. The Morgan fingerprint density at radius 1 is 1.33 bits per heavy atom. The summed E-state index contributed by atoms with van der Waals surface area (Å²) >= 11 is 0. The van der Waals surface area contributed by atoms with Crippen LogP contribution >= 0.6 is 0 Å². The molecule has 2 aromatic heterocycles. The molecule has 1 fully saturated rings. The largest absolute Gasteiger partial charge is 0.388 e. The van der Waals surface area contributed by atoms with Crippen LogP contribution in [0.25, 0.3) is 5.65 Å². The molecule has 0 atom stereocenters. The molecular weight excluding hydrogens is 266 g/mol. The first kappa shape index (κ1) is 14.1. The van der Waals surface area contributed by atoms with Crippen LogP contribution in [0.15, 0.2) is 18.6 Å². The number of rotatable bonds is 6.